The monoisotopic (exact) mass is 224 g/mol. The Morgan fingerprint density at radius 2 is 1.94 bits per heavy atom. The van der Waals surface area contributed by atoms with Gasteiger partial charge in [-0.05, 0) is 11.5 Å². The molecule has 0 aliphatic rings. The molecule has 0 spiro atoms. The number of terminal acetylenes is 1. The molecule has 0 atom stereocenters. The van der Waals surface area contributed by atoms with Gasteiger partial charge in [-0.1, -0.05) is 42.3 Å². The Morgan fingerprint density at radius 1 is 1.18 bits per heavy atom. The Hall–Kier alpha value is -2.47. The first-order chi connectivity index (χ1) is 8.31. The van der Waals surface area contributed by atoms with Crippen LogP contribution in [0.3, 0.4) is 0 Å². The highest BCUT2D eigenvalue weighted by molar-refractivity contribution is 6.01. The van der Waals surface area contributed by atoms with Gasteiger partial charge in [0, 0.05) is 5.39 Å². The van der Waals surface area contributed by atoms with Crippen LogP contribution in [0.15, 0.2) is 42.5 Å². The molecule has 2 N–H and O–H groups in total. The first kappa shape index (κ1) is 11.0. The fraction of sp³-hybridized carbons (Fsp3) is 0.0714. The van der Waals surface area contributed by atoms with Crippen molar-refractivity contribution in [2.45, 2.75) is 0 Å². The van der Waals surface area contributed by atoms with E-state index < -0.39 is 0 Å². The van der Waals surface area contributed by atoms with Crippen molar-refractivity contribution in [1.29, 1.82) is 0 Å². The van der Waals surface area contributed by atoms with Crippen LogP contribution in [0, 0.1) is 12.3 Å². The zero-order chi connectivity index (χ0) is 12.1. The molecule has 2 amide bonds. The number of benzene rings is 2. The summed E-state index contributed by atoms with van der Waals surface area (Å²) in [5, 5.41) is 7.42. The van der Waals surface area contributed by atoms with E-state index in [1.54, 1.807) is 0 Å². The molecule has 0 fully saturated rings. The minimum absolute atomic E-state index is 0.219. The zero-order valence-electron chi connectivity index (χ0n) is 9.23. The predicted octanol–water partition coefficient (Wildman–Crippen LogP) is 2.59. The molecule has 3 nitrogen and oxygen atoms in total. The van der Waals surface area contributed by atoms with E-state index in [0.29, 0.717) is 0 Å². The van der Waals surface area contributed by atoms with Crippen LogP contribution in [-0.4, -0.2) is 12.6 Å². The Balaban J connectivity index is 2.24. The van der Waals surface area contributed by atoms with E-state index in [9.17, 15) is 4.79 Å². The molecule has 0 bridgehead atoms. The molecule has 2 rings (SSSR count). The molecule has 2 aromatic carbocycles. The highest BCUT2D eigenvalue weighted by atomic mass is 16.2. The van der Waals surface area contributed by atoms with Crippen molar-refractivity contribution in [3.63, 3.8) is 0 Å². The summed E-state index contributed by atoms with van der Waals surface area (Å²) in [5.74, 6) is 2.35. The molecule has 84 valence electrons. The lowest BCUT2D eigenvalue weighted by atomic mass is 10.1. The lowest BCUT2D eigenvalue weighted by Crippen LogP contribution is -2.28. The summed E-state index contributed by atoms with van der Waals surface area (Å²) < 4.78 is 0. The van der Waals surface area contributed by atoms with Gasteiger partial charge in [0.05, 0.1) is 12.2 Å². The second-order valence-electron chi connectivity index (χ2n) is 3.54. The van der Waals surface area contributed by atoms with Crippen molar-refractivity contribution >= 4 is 22.5 Å². The van der Waals surface area contributed by atoms with Crippen molar-refractivity contribution in [1.82, 2.24) is 5.32 Å². The molecule has 3 heteroatoms. The molecule has 0 unspecified atom stereocenters. The lowest BCUT2D eigenvalue weighted by molar-refractivity contribution is 0.253. The summed E-state index contributed by atoms with van der Waals surface area (Å²) in [6, 6.07) is 13.3. The third-order valence-electron chi connectivity index (χ3n) is 2.39. The van der Waals surface area contributed by atoms with Gasteiger partial charge in [-0.25, -0.2) is 4.79 Å². The van der Waals surface area contributed by atoms with Crippen molar-refractivity contribution in [3.8, 4) is 12.3 Å². The number of nitrogens with one attached hydrogen (secondary N) is 2. The Kier molecular flexibility index (Phi) is 3.27. The maximum absolute atomic E-state index is 11.5. The number of hydrogen-bond donors (Lipinski definition) is 2. The molecular formula is C14H12N2O. The zero-order valence-corrected chi connectivity index (χ0v) is 9.23. The van der Waals surface area contributed by atoms with Gasteiger partial charge in [-0.2, -0.15) is 0 Å². The standard InChI is InChI=1S/C14H12N2O/c1-2-10-15-14(17)16-13-9-5-7-11-6-3-4-8-12(11)13/h1,3-9H,10H2,(H2,15,16,17). The molecule has 0 aromatic heterocycles. The summed E-state index contributed by atoms with van der Waals surface area (Å²) >= 11 is 0. The quantitative estimate of drug-likeness (QED) is 0.756. The van der Waals surface area contributed by atoms with Crippen LogP contribution < -0.4 is 10.6 Å². The molecular weight excluding hydrogens is 212 g/mol. The predicted molar refractivity (Wildman–Crippen MR) is 69.8 cm³/mol. The van der Waals surface area contributed by atoms with Gasteiger partial charge in [0.25, 0.3) is 0 Å². The van der Waals surface area contributed by atoms with Crippen molar-refractivity contribution in [2.75, 3.05) is 11.9 Å². The SMILES string of the molecule is C#CCNC(=O)Nc1cccc2ccccc12. The van der Waals surface area contributed by atoms with Gasteiger partial charge >= 0.3 is 6.03 Å². The summed E-state index contributed by atoms with van der Waals surface area (Å²) in [5.41, 5.74) is 0.776. The van der Waals surface area contributed by atoms with E-state index in [0.717, 1.165) is 16.5 Å². The smallest absolute Gasteiger partial charge is 0.320 e. The number of fused-ring (bicyclic) bond motifs is 1. The third-order valence-corrected chi connectivity index (χ3v) is 2.39. The van der Waals surface area contributed by atoms with Crippen LogP contribution in [0.2, 0.25) is 0 Å². The minimum atomic E-state index is -0.292. The van der Waals surface area contributed by atoms with E-state index in [2.05, 4.69) is 16.6 Å². The fourth-order valence-corrected chi connectivity index (χ4v) is 1.63. The molecule has 0 radical (unpaired) electrons. The topological polar surface area (TPSA) is 41.1 Å². The maximum Gasteiger partial charge on any atom is 0.320 e. The van der Waals surface area contributed by atoms with E-state index >= 15 is 0 Å². The Bertz CT molecular complexity index is 579. The highest BCUT2D eigenvalue weighted by Gasteiger charge is 2.03. The van der Waals surface area contributed by atoms with Gasteiger partial charge in [0.15, 0.2) is 0 Å². The minimum Gasteiger partial charge on any atom is -0.327 e. The van der Waals surface area contributed by atoms with Gasteiger partial charge in [0.1, 0.15) is 0 Å². The fourth-order valence-electron chi connectivity index (χ4n) is 1.63. The first-order valence-corrected chi connectivity index (χ1v) is 5.27. The molecule has 0 saturated heterocycles. The average molecular weight is 224 g/mol. The largest absolute Gasteiger partial charge is 0.327 e. The van der Waals surface area contributed by atoms with Crippen LogP contribution in [0.1, 0.15) is 0 Å². The molecule has 17 heavy (non-hydrogen) atoms. The number of rotatable bonds is 2. The molecule has 0 saturated carbocycles. The number of urea groups is 1. The Morgan fingerprint density at radius 3 is 2.76 bits per heavy atom. The molecule has 0 aliphatic carbocycles. The Labute approximate surface area is 99.8 Å². The number of hydrogen-bond acceptors (Lipinski definition) is 1. The van der Waals surface area contributed by atoms with Crippen molar-refractivity contribution < 1.29 is 4.79 Å². The first-order valence-electron chi connectivity index (χ1n) is 5.27. The van der Waals surface area contributed by atoms with E-state index in [1.165, 1.54) is 0 Å². The van der Waals surface area contributed by atoms with E-state index in [4.69, 9.17) is 6.42 Å². The summed E-state index contributed by atoms with van der Waals surface area (Å²) in [6.45, 7) is 0.219. The number of carbonyl (C=O) groups excluding carboxylic acids is 1. The second-order valence-corrected chi connectivity index (χ2v) is 3.54. The van der Waals surface area contributed by atoms with E-state index in [1.807, 2.05) is 42.5 Å². The van der Waals surface area contributed by atoms with Crippen LogP contribution >= 0.6 is 0 Å². The van der Waals surface area contributed by atoms with E-state index in [-0.39, 0.29) is 12.6 Å². The number of amides is 2. The second kappa shape index (κ2) is 5.04. The van der Waals surface area contributed by atoms with Crippen LogP contribution in [-0.2, 0) is 0 Å². The van der Waals surface area contributed by atoms with Crippen LogP contribution in [0.25, 0.3) is 10.8 Å². The number of carbonyl (C=O) groups is 1. The molecule has 0 aliphatic heterocycles. The molecule has 2 aromatic rings. The van der Waals surface area contributed by atoms with Gasteiger partial charge in [-0.15, -0.1) is 6.42 Å². The summed E-state index contributed by atoms with van der Waals surface area (Å²) in [4.78, 5) is 11.5. The van der Waals surface area contributed by atoms with Crippen molar-refractivity contribution in [2.24, 2.45) is 0 Å². The van der Waals surface area contributed by atoms with Crippen LogP contribution in [0.4, 0.5) is 10.5 Å². The normalized spacial score (nSPS) is 9.59. The van der Waals surface area contributed by atoms with Crippen molar-refractivity contribution in [3.05, 3.63) is 42.5 Å². The van der Waals surface area contributed by atoms with Gasteiger partial charge in [0.2, 0.25) is 0 Å². The van der Waals surface area contributed by atoms with Gasteiger partial charge < -0.3 is 10.6 Å². The third kappa shape index (κ3) is 2.56. The summed E-state index contributed by atoms with van der Waals surface area (Å²) in [7, 11) is 0. The lowest BCUT2D eigenvalue weighted by Gasteiger charge is -2.08. The number of anilines is 1. The molecule has 0 heterocycles. The summed E-state index contributed by atoms with van der Waals surface area (Å²) in [6.07, 6.45) is 5.07. The average Bonchev–Trinajstić information content (AvgIpc) is 2.37. The maximum atomic E-state index is 11.5. The van der Waals surface area contributed by atoms with Crippen LogP contribution in [0.5, 0.6) is 0 Å². The highest BCUT2D eigenvalue weighted by Crippen LogP contribution is 2.22. The van der Waals surface area contributed by atoms with Gasteiger partial charge in [-0.3, -0.25) is 0 Å².